The van der Waals surface area contributed by atoms with E-state index in [0.717, 1.165) is 0 Å². The van der Waals surface area contributed by atoms with Crippen LogP contribution in [0, 0.1) is 0 Å². The Bertz CT molecular complexity index is 356. The number of esters is 1. The van der Waals surface area contributed by atoms with Crippen molar-refractivity contribution in [3.05, 3.63) is 35.4 Å². The topological polar surface area (TPSA) is 26.3 Å². The Morgan fingerprint density at radius 3 is 2.44 bits per heavy atom. The summed E-state index contributed by atoms with van der Waals surface area (Å²) in [7, 11) is 1.41. The highest BCUT2D eigenvalue weighted by Gasteiger charge is 2.16. The van der Waals surface area contributed by atoms with Crippen molar-refractivity contribution in [1.82, 2.24) is 0 Å². The molecule has 16 heavy (non-hydrogen) atoms. The number of rotatable bonds is 2. The summed E-state index contributed by atoms with van der Waals surface area (Å²) in [6.07, 6.45) is 1.30. The van der Waals surface area contributed by atoms with Gasteiger partial charge in [-0.05, 0) is 35.6 Å². The van der Waals surface area contributed by atoms with E-state index < -0.39 is 0 Å². The second kappa shape index (κ2) is 5.64. The molecule has 0 spiro atoms. The standard InChI is InChI=1S/C12H14O2S2/c1-14-11(13)9-3-5-10(6-4-9)12-15-7-2-8-16-12/h3-6,12H,2,7-8H2,1H3. The fraction of sp³-hybridized carbons (Fsp3) is 0.417. The summed E-state index contributed by atoms with van der Waals surface area (Å²) in [5, 5.41) is 0. The summed E-state index contributed by atoms with van der Waals surface area (Å²) in [5.74, 6) is 2.20. The molecule has 0 aromatic heterocycles. The second-order valence-corrected chi connectivity index (χ2v) is 6.27. The molecule has 0 atom stereocenters. The smallest absolute Gasteiger partial charge is 0.337 e. The fourth-order valence-electron chi connectivity index (χ4n) is 1.57. The lowest BCUT2D eigenvalue weighted by Gasteiger charge is -2.21. The fourth-order valence-corrected chi connectivity index (χ4v) is 4.47. The molecule has 2 rings (SSSR count). The van der Waals surface area contributed by atoms with Gasteiger partial charge in [0.1, 0.15) is 0 Å². The number of thioether (sulfide) groups is 2. The number of carbonyl (C=O) groups excluding carboxylic acids is 1. The summed E-state index contributed by atoms with van der Waals surface area (Å²) in [5.41, 5.74) is 1.92. The predicted octanol–water partition coefficient (Wildman–Crippen LogP) is 3.34. The van der Waals surface area contributed by atoms with Gasteiger partial charge in [0.2, 0.25) is 0 Å². The second-order valence-electron chi connectivity index (χ2n) is 3.54. The van der Waals surface area contributed by atoms with Crippen molar-refractivity contribution in [2.24, 2.45) is 0 Å². The molecule has 0 saturated carbocycles. The molecule has 0 unspecified atom stereocenters. The Kier molecular flexibility index (Phi) is 4.18. The molecule has 1 aromatic rings. The van der Waals surface area contributed by atoms with E-state index >= 15 is 0 Å². The van der Waals surface area contributed by atoms with Crippen molar-refractivity contribution >= 4 is 29.5 Å². The first-order valence-electron chi connectivity index (χ1n) is 5.23. The van der Waals surface area contributed by atoms with E-state index in [1.807, 2.05) is 47.8 Å². The van der Waals surface area contributed by atoms with Crippen LogP contribution in [0.5, 0.6) is 0 Å². The van der Waals surface area contributed by atoms with Crippen LogP contribution in [-0.4, -0.2) is 24.6 Å². The first kappa shape index (κ1) is 11.9. The maximum Gasteiger partial charge on any atom is 0.337 e. The highest BCUT2D eigenvalue weighted by molar-refractivity contribution is 8.16. The average Bonchev–Trinajstić information content (AvgIpc) is 2.39. The minimum absolute atomic E-state index is 0.268. The van der Waals surface area contributed by atoms with Gasteiger partial charge in [-0.15, -0.1) is 23.5 Å². The minimum Gasteiger partial charge on any atom is -0.465 e. The predicted molar refractivity (Wildman–Crippen MR) is 70.1 cm³/mol. The zero-order valence-corrected chi connectivity index (χ0v) is 10.8. The Balaban J connectivity index is 2.09. The quantitative estimate of drug-likeness (QED) is 0.756. The van der Waals surface area contributed by atoms with Gasteiger partial charge in [-0.3, -0.25) is 0 Å². The minimum atomic E-state index is -0.268. The van der Waals surface area contributed by atoms with Crippen molar-refractivity contribution in [1.29, 1.82) is 0 Å². The number of hydrogen-bond donors (Lipinski definition) is 0. The third-order valence-corrected chi connectivity index (χ3v) is 5.45. The molecule has 86 valence electrons. The maximum atomic E-state index is 11.3. The van der Waals surface area contributed by atoms with Gasteiger partial charge in [-0.2, -0.15) is 0 Å². The highest BCUT2D eigenvalue weighted by atomic mass is 32.2. The van der Waals surface area contributed by atoms with Crippen LogP contribution in [0.4, 0.5) is 0 Å². The molecule has 1 aliphatic rings. The van der Waals surface area contributed by atoms with Crippen molar-refractivity contribution in [3.63, 3.8) is 0 Å². The molecule has 0 amide bonds. The third-order valence-electron chi connectivity index (χ3n) is 2.43. The van der Waals surface area contributed by atoms with Gasteiger partial charge in [0.25, 0.3) is 0 Å². The number of ether oxygens (including phenoxy) is 1. The average molecular weight is 254 g/mol. The Morgan fingerprint density at radius 1 is 1.25 bits per heavy atom. The molecule has 0 aliphatic carbocycles. The summed E-state index contributed by atoms with van der Waals surface area (Å²) in [6, 6.07) is 7.75. The van der Waals surface area contributed by atoms with Gasteiger partial charge in [-0.25, -0.2) is 4.79 Å². The molecular formula is C12H14O2S2. The van der Waals surface area contributed by atoms with Crippen molar-refractivity contribution < 1.29 is 9.53 Å². The molecule has 0 N–H and O–H groups in total. The van der Waals surface area contributed by atoms with Gasteiger partial charge in [-0.1, -0.05) is 12.1 Å². The van der Waals surface area contributed by atoms with Crippen LogP contribution in [0.2, 0.25) is 0 Å². The molecule has 1 saturated heterocycles. The molecule has 1 heterocycles. The molecule has 1 aliphatic heterocycles. The van der Waals surface area contributed by atoms with Crippen LogP contribution in [0.3, 0.4) is 0 Å². The number of carbonyl (C=O) groups is 1. The van der Waals surface area contributed by atoms with E-state index in [4.69, 9.17) is 0 Å². The van der Waals surface area contributed by atoms with Crippen LogP contribution in [-0.2, 0) is 4.74 Å². The summed E-state index contributed by atoms with van der Waals surface area (Å²) in [4.78, 5) is 11.3. The van der Waals surface area contributed by atoms with Crippen molar-refractivity contribution in [2.75, 3.05) is 18.6 Å². The largest absolute Gasteiger partial charge is 0.465 e. The Hall–Kier alpha value is -0.610. The van der Waals surface area contributed by atoms with E-state index in [1.54, 1.807) is 0 Å². The first-order valence-corrected chi connectivity index (χ1v) is 7.32. The van der Waals surface area contributed by atoms with Gasteiger partial charge in [0.05, 0.1) is 17.3 Å². The van der Waals surface area contributed by atoms with E-state index in [1.165, 1.54) is 30.6 Å². The lowest BCUT2D eigenvalue weighted by Crippen LogP contribution is -2.03. The molecule has 1 aromatic carbocycles. The van der Waals surface area contributed by atoms with Gasteiger partial charge < -0.3 is 4.74 Å². The van der Waals surface area contributed by atoms with Gasteiger partial charge in [0.15, 0.2) is 0 Å². The summed E-state index contributed by atoms with van der Waals surface area (Å²) >= 11 is 3.97. The molecule has 0 bridgehead atoms. The van der Waals surface area contributed by atoms with Crippen molar-refractivity contribution in [2.45, 2.75) is 11.0 Å². The SMILES string of the molecule is COC(=O)c1ccc(C2SCCCS2)cc1. The molecule has 0 radical (unpaired) electrons. The van der Waals surface area contributed by atoms with E-state index in [-0.39, 0.29) is 5.97 Å². The van der Waals surface area contributed by atoms with E-state index in [2.05, 4.69) is 4.74 Å². The lowest BCUT2D eigenvalue weighted by atomic mass is 10.1. The summed E-state index contributed by atoms with van der Waals surface area (Å²) in [6.45, 7) is 0. The zero-order valence-electron chi connectivity index (χ0n) is 9.14. The number of hydrogen-bond acceptors (Lipinski definition) is 4. The normalized spacial score (nSPS) is 17.1. The monoisotopic (exact) mass is 254 g/mol. The molecular weight excluding hydrogens is 240 g/mol. The molecule has 4 heteroatoms. The molecule has 2 nitrogen and oxygen atoms in total. The van der Waals surface area contributed by atoms with Crippen LogP contribution in [0.1, 0.15) is 26.9 Å². The summed E-state index contributed by atoms with van der Waals surface area (Å²) < 4.78 is 5.20. The Labute approximate surface area is 104 Å². The number of benzene rings is 1. The van der Waals surface area contributed by atoms with Crippen LogP contribution in [0.15, 0.2) is 24.3 Å². The third kappa shape index (κ3) is 2.74. The van der Waals surface area contributed by atoms with Gasteiger partial charge >= 0.3 is 5.97 Å². The van der Waals surface area contributed by atoms with Crippen molar-refractivity contribution in [3.8, 4) is 0 Å². The molecule has 1 fully saturated rings. The van der Waals surface area contributed by atoms with Crippen LogP contribution >= 0.6 is 23.5 Å². The van der Waals surface area contributed by atoms with Gasteiger partial charge in [0, 0.05) is 0 Å². The Morgan fingerprint density at radius 2 is 1.88 bits per heavy atom. The van der Waals surface area contributed by atoms with E-state index in [9.17, 15) is 4.79 Å². The van der Waals surface area contributed by atoms with Crippen LogP contribution < -0.4 is 0 Å². The van der Waals surface area contributed by atoms with Crippen LogP contribution in [0.25, 0.3) is 0 Å². The first-order chi connectivity index (χ1) is 7.81. The number of methoxy groups -OCH3 is 1. The highest BCUT2D eigenvalue weighted by Crippen LogP contribution is 2.43. The lowest BCUT2D eigenvalue weighted by molar-refractivity contribution is 0.0601. The maximum absolute atomic E-state index is 11.3. The zero-order chi connectivity index (χ0) is 11.4. The van der Waals surface area contributed by atoms with E-state index in [0.29, 0.717) is 10.1 Å².